The molecule has 0 radical (unpaired) electrons. The Hall–Kier alpha value is -2.38. The van der Waals surface area contributed by atoms with Crippen LogP contribution in [0.5, 0.6) is 5.75 Å². The van der Waals surface area contributed by atoms with Gasteiger partial charge in [0, 0.05) is 18.7 Å². The molecule has 6 nitrogen and oxygen atoms in total. The van der Waals surface area contributed by atoms with Gasteiger partial charge in [-0.25, -0.2) is 8.42 Å². The summed E-state index contributed by atoms with van der Waals surface area (Å²) >= 11 is 0. The van der Waals surface area contributed by atoms with E-state index in [0.717, 1.165) is 18.4 Å². The largest absolute Gasteiger partial charge is 0.495 e. The third kappa shape index (κ3) is 4.20. The maximum Gasteiger partial charge on any atom is 0.256 e. The molecule has 1 amide bonds. The van der Waals surface area contributed by atoms with Gasteiger partial charge < -0.3 is 10.1 Å². The fourth-order valence-electron chi connectivity index (χ4n) is 3.34. The van der Waals surface area contributed by atoms with Crippen molar-refractivity contribution in [2.75, 3.05) is 25.5 Å². The Bertz CT molecular complexity index is 964. The van der Waals surface area contributed by atoms with Crippen molar-refractivity contribution in [1.82, 2.24) is 4.31 Å². The van der Waals surface area contributed by atoms with Gasteiger partial charge in [0.2, 0.25) is 10.0 Å². The highest BCUT2D eigenvalue weighted by atomic mass is 32.2. The summed E-state index contributed by atoms with van der Waals surface area (Å²) in [6.07, 6.45) is 1.71. The van der Waals surface area contributed by atoms with Gasteiger partial charge in [-0.1, -0.05) is 25.1 Å². The van der Waals surface area contributed by atoms with Gasteiger partial charge in [0.25, 0.3) is 5.91 Å². The van der Waals surface area contributed by atoms with E-state index in [9.17, 15) is 13.2 Å². The van der Waals surface area contributed by atoms with E-state index >= 15 is 0 Å². The predicted octanol–water partition coefficient (Wildman–Crippen LogP) is 3.68. The van der Waals surface area contributed by atoms with E-state index in [0.29, 0.717) is 36.0 Å². The number of carbonyl (C=O) groups excluding carboxylic acids is 1. The summed E-state index contributed by atoms with van der Waals surface area (Å²) in [5.41, 5.74) is 1.70. The molecule has 0 aliphatic carbocycles. The number of carbonyl (C=O) groups is 1. The fourth-order valence-corrected chi connectivity index (χ4v) is 4.83. The van der Waals surface area contributed by atoms with Crippen LogP contribution in [-0.4, -0.2) is 38.8 Å². The number of nitrogens with one attached hydrogen (secondary N) is 1. The van der Waals surface area contributed by atoms with Gasteiger partial charge in [-0.15, -0.1) is 0 Å². The number of methoxy groups -OCH3 is 1. The summed E-state index contributed by atoms with van der Waals surface area (Å²) in [6.45, 7) is 5.02. The molecular weight excluding hydrogens is 376 g/mol. The summed E-state index contributed by atoms with van der Waals surface area (Å²) in [4.78, 5) is 12.8. The highest BCUT2D eigenvalue weighted by Gasteiger charge is 2.29. The number of piperidine rings is 1. The fraction of sp³-hybridized carbons (Fsp3) is 0.381. The number of rotatable bonds is 5. The first kappa shape index (κ1) is 20.4. The molecule has 1 heterocycles. The molecule has 2 aromatic carbocycles. The molecule has 1 N–H and O–H groups in total. The van der Waals surface area contributed by atoms with Crippen LogP contribution in [0.15, 0.2) is 47.4 Å². The Kier molecular flexibility index (Phi) is 6.05. The van der Waals surface area contributed by atoms with Gasteiger partial charge in [0.1, 0.15) is 5.75 Å². The van der Waals surface area contributed by atoms with Crippen LogP contribution in [-0.2, 0) is 10.0 Å². The molecule has 1 saturated heterocycles. The SMILES string of the molecule is COc1ccc(S(=O)(=O)N2CCC(C)CC2)cc1NC(=O)c1ccccc1C. The number of ether oxygens (including phenoxy) is 1. The minimum absolute atomic E-state index is 0.155. The topological polar surface area (TPSA) is 75.7 Å². The molecule has 2 aromatic rings. The third-order valence-electron chi connectivity index (χ3n) is 5.19. The molecule has 3 rings (SSSR count). The van der Waals surface area contributed by atoms with Gasteiger partial charge in [-0.2, -0.15) is 4.31 Å². The monoisotopic (exact) mass is 402 g/mol. The zero-order chi connectivity index (χ0) is 20.3. The first-order chi connectivity index (χ1) is 13.3. The van der Waals surface area contributed by atoms with Crippen LogP contribution in [0.1, 0.15) is 35.7 Å². The van der Waals surface area contributed by atoms with Crippen molar-refractivity contribution in [1.29, 1.82) is 0 Å². The van der Waals surface area contributed by atoms with E-state index in [4.69, 9.17) is 4.74 Å². The van der Waals surface area contributed by atoms with Crippen LogP contribution >= 0.6 is 0 Å². The lowest BCUT2D eigenvalue weighted by Crippen LogP contribution is -2.37. The molecule has 0 bridgehead atoms. The summed E-state index contributed by atoms with van der Waals surface area (Å²) in [6, 6.07) is 11.8. The van der Waals surface area contributed by atoms with Crippen LogP contribution < -0.4 is 10.1 Å². The Morgan fingerprint density at radius 2 is 1.82 bits per heavy atom. The van der Waals surface area contributed by atoms with E-state index in [1.165, 1.54) is 23.5 Å². The Morgan fingerprint density at radius 3 is 2.46 bits per heavy atom. The van der Waals surface area contributed by atoms with Crippen LogP contribution in [0.25, 0.3) is 0 Å². The molecule has 0 saturated carbocycles. The van der Waals surface area contributed by atoms with Crippen LogP contribution in [0.2, 0.25) is 0 Å². The molecular formula is C21H26N2O4S. The molecule has 1 fully saturated rings. The maximum absolute atomic E-state index is 13.0. The molecule has 1 aliphatic rings. The van der Waals surface area contributed by atoms with Gasteiger partial charge in [-0.3, -0.25) is 4.79 Å². The van der Waals surface area contributed by atoms with Crippen LogP contribution in [0, 0.1) is 12.8 Å². The molecule has 0 aromatic heterocycles. The lowest BCUT2D eigenvalue weighted by atomic mass is 10.0. The maximum atomic E-state index is 13.0. The molecule has 0 atom stereocenters. The highest BCUT2D eigenvalue weighted by Crippen LogP contribution is 2.31. The number of nitrogens with zero attached hydrogens (tertiary/aromatic N) is 1. The summed E-state index contributed by atoms with van der Waals surface area (Å²) < 4.78 is 32.9. The van der Waals surface area contributed by atoms with Crippen molar-refractivity contribution in [2.45, 2.75) is 31.6 Å². The third-order valence-corrected chi connectivity index (χ3v) is 7.08. The van der Waals surface area contributed by atoms with E-state index in [2.05, 4.69) is 12.2 Å². The standard InChI is InChI=1S/C21H26N2O4S/c1-15-10-12-23(13-11-15)28(25,26)17-8-9-20(27-3)19(14-17)22-21(24)18-7-5-4-6-16(18)2/h4-9,14-15H,10-13H2,1-3H3,(H,22,24). The Morgan fingerprint density at radius 1 is 1.14 bits per heavy atom. The lowest BCUT2D eigenvalue weighted by molar-refractivity contribution is 0.102. The first-order valence-electron chi connectivity index (χ1n) is 9.38. The van der Waals surface area contributed by atoms with Crippen molar-refractivity contribution in [2.24, 2.45) is 5.92 Å². The molecule has 0 unspecified atom stereocenters. The number of hydrogen-bond acceptors (Lipinski definition) is 4. The Labute approximate surface area is 166 Å². The molecule has 0 spiro atoms. The zero-order valence-corrected chi connectivity index (χ0v) is 17.3. The second kappa shape index (κ2) is 8.32. The summed E-state index contributed by atoms with van der Waals surface area (Å²) in [7, 11) is -2.13. The highest BCUT2D eigenvalue weighted by molar-refractivity contribution is 7.89. The molecule has 28 heavy (non-hydrogen) atoms. The van der Waals surface area contributed by atoms with Crippen molar-refractivity contribution < 1.29 is 17.9 Å². The lowest BCUT2D eigenvalue weighted by Gasteiger charge is -2.29. The summed E-state index contributed by atoms with van der Waals surface area (Å²) in [5.74, 6) is 0.636. The van der Waals surface area contributed by atoms with Crippen LogP contribution in [0.4, 0.5) is 5.69 Å². The number of anilines is 1. The van der Waals surface area contributed by atoms with E-state index in [1.807, 2.05) is 19.1 Å². The second-order valence-electron chi connectivity index (χ2n) is 7.22. The number of aryl methyl sites for hydroxylation is 1. The van der Waals surface area contributed by atoms with Gasteiger partial charge in [0.05, 0.1) is 17.7 Å². The first-order valence-corrected chi connectivity index (χ1v) is 10.8. The smallest absolute Gasteiger partial charge is 0.256 e. The van der Waals surface area contributed by atoms with E-state index < -0.39 is 10.0 Å². The van der Waals surface area contributed by atoms with Gasteiger partial charge in [-0.05, 0) is 55.5 Å². The minimum atomic E-state index is -3.62. The second-order valence-corrected chi connectivity index (χ2v) is 9.16. The average Bonchev–Trinajstić information content (AvgIpc) is 2.68. The summed E-state index contributed by atoms with van der Waals surface area (Å²) in [5, 5.41) is 2.79. The van der Waals surface area contributed by atoms with Crippen LogP contribution in [0.3, 0.4) is 0 Å². The van der Waals surface area contributed by atoms with Crippen molar-refractivity contribution in [3.63, 3.8) is 0 Å². The molecule has 7 heteroatoms. The van der Waals surface area contributed by atoms with Crippen molar-refractivity contribution >= 4 is 21.6 Å². The number of benzene rings is 2. The zero-order valence-electron chi connectivity index (χ0n) is 16.4. The Balaban J connectivity index is 1.90. The number of amides is 1. The quantitative estimate of drug-likeness (QED) is 0.828. The van der Waals surface area contributed by atoms with E-state index in [-0.39, 0.29) is 10.8 Å². The van der Waals surface area contributed by atoms with E-state index in [1.54, 1.807) is 18.2 Å². The average molecular weight is 403 g/mol. The number of hydrogen-bond donors (Lipinski definition) is 1. The van der Waals surface area contributed by atoms with Gasteiger partial charge in [0.15, 0.2) is 0 Å². The number of sulfonamides is 1. The predicted molar refractivity (Wildman–Crippen MR) is 109 cm³/mol. The normalized spacial score (nSPS) is 16.0. The molecule has 150 valence electrons. The minimum Gasteiger partial charge on any atom is -0.495 e. The van der Waals surface area contributed by atoms with Gasteiger partial charge >= 0.3 is 0 Å². The van der Waals surface area contributed by atoms with Crippen molar-refractivity contribution in [3.8, 4) is 5.75 Å². The van der Waals surface area contributed by atoms with Crippen molar-refractivity contribution in [3.05, 3.63) is 53.6 Å². The molecule has 1 aliphatic heterocycles.